The number of nitrogens with zero attached hydrogens (tertiary/aromatic N) is 1. The van der Waals surface area contributed by atoms with Crippen molar-refractivity contribution in [3.05, 3.63) is 41.5 Å². The third-order valence-electron chi connectivity index (χ3n) is 7.54. The highest BCUT2D eigenvalue weighted by Crippen LogP contribution is 2.64. The maximum Gasteiger partial charge on any atom is 0.217 e. The highest BCUT2D eigenvalue weighted by molar-refractivity contribution is 5.73. The van der Waals surface area contributed by atoms with Crippen molar-refractivity contribution in [3.63, 3.8) is 0 Å². The summed E-state index contributed by atoms with van der Waals surface area (Å²) in [5.41, 5.74) is 2.37. The summed E-state index contributed by atoms with van der Waals surface area (Å²) in [6, 6.07) is 4.35. The SMILES string of the molecule is C=CCN1CC[C@@]23c4c5ccc(C)c4O[C@@H]2C(NC(C)=O)CC[C@]3(O)[C@@H]1C5. The molecule has 0 radical (unpaired) electrons. The van der Waals surface area contributed by atoms with Crippen LogP contribution in [0.3, 0.4) is 0 Å². The van der Waals surface area contributed by atoms with Crippen LogP contribution in [-0.2, 0) is 16.6 Å². The van der Waals surface area contributed by atoms with E-state index in [-0.39, 0.29) is 24.1 Å². The molecule has 144 valence electrons. The molecule has 4 aliphatic rings. The maximum atomic E-state index is 12.2. The number of carbonyl (C=O) groups excluding carboxylic acids is 1. The number of hydrogen-bond acceptors (Lipinski definition) is 4. The first-order valence-electron chi connectivity index (χ1n) is 10.1. The van der Waals surface area contributed by atoms with Gasteiger partial charge in [-0.25, -0.2) is 0 Å². The fraction of sp³-hybridized carbons (Fsp3) is 0.591. The second kappa shape index (κ2) is 5.58. The molecule has 1 aromatic rings. The van der Waals surface area contributed by atoms with Crippen molar-refractivity contribution in [3.8, 4) is 5.75 Å². The number of benzene rings is 1. The van der Waals surface area contributed by atoms with Crippen molar-refractivity contribution < 1.29 is 14.6 Å². The molecule has 0 aromatic heterocycles. The molecule has 1 saturated heterocycles. The number of rotatable bonds is 3. The van der Waals surface area contributed by atoms with Gasteiger partial charge in [0.1, 0.15) is 11.9 Å². The molecular formula is C22H28N2O3. The smallest absolute Gasteiger partial charge is 0.217 e. The van der Waals surface area contributed by atoms with E-state index in [1.165, 1.54) is 11.1 Å². The van der Waals surface area contributed by atoms with Crippen LogP contribution in [-0.4, -0.2) is 52.8 Å². The number of aliphatic hydroxyl groups is 1. The van der Waals surface area contributed by atoms with Crippen molar-refractivity contribution in [1.29, 1.82) is 0 Å². The van der Waals surface area contributed by atoms with Crippen LogP contribution < -0.4 is 10.1 Å². The summed E-state index contributed by atoms with van der Waals surface area (Å²) in [4.78, 5) is 14.2. The van der Waals surface area contributed by atoms with Crippen LogP contribution in [0.15, 0.2) is 24.8 Å². The molecule has 2 N–H and O–H groups in total. The molecule has 27 heavy (non-hydrogen) atoms. The molecule has 1 spiro atoms. The summed E-state index contributed by atoms with van der Waals surface area (Å²) in [5.74, 6) is 0.915. The van der Waals surface area contributed by atoms with Crippen molar-refractivity contribution in [2.45, 2.75) is 68.7 Å². The first-order chi connectivity index (χ1) is 12.9. The number of hydrogen-bond donors (Lipinski definition) is 2. The van der Waals surface area contributed by atoms with Crippen molar-refractivity contribution in [2.24, 2.45) is 0 Å². The number of nitrogens with one attached hydrogen (secondary N) is 1. The lowest BCUT2D eigenvalue weighted by molar-refractivity contribution is -0.189. The topological polar surface area (TPSA) is 61.8 Å². The Hall–Kier alpha value is -1.85. The van der Waals surface area contributed by atoms with Crippen molar-refractivity contribution in [2.75, 3.05) is 13.1 Å². The molecule has 1 unspecified atom stereocenters. The minimum atomic E-state index is -0.833. The van der Waals surface area contributed by atoms with Crippen LogP contribution in [0.4, 0.5) is 0 Å². The number of carbonyl (C=O) groups is 1. The summed E-state index contributed by atoms with van der Waals surface area (Å²) < 4.78 is 6.57. The minimum absolute atomic E-state index is 0.0326. The Bertz CT molecular complexity index is 837. The average Bonchev–Trinajstić information content (AvgIpc) is 2.97. The van der Waals surface area contributed by atoms with E-state index in [4.69, 9.17) is 4.74 Å². The van der Waals surface area contributed by atoms with Crippen LogP contribution in [0.25, 0.3) is 0 Å². The zero-order valence-corrected chi connectivity index (χ0v) is 16.1. The van der Waals surface area contributed by atoms with Gasteiger partial charge < -0.3 is 15.2 Å². The van der Waals surface area contributed by atoms with E-state index in [1.807, 2.05) is 6.08 Å². The van der Waals surface area contributed by atoms with Gasteiger partial charge in [0.05, 0.1) is 17.1 Å². The molecule has 1 amide bonds. The van der Waals surface area contributed by atoms with Crippen LogP contribution in [0, 0.1) is 6.92 Å². The first kappa shape index (κ1) is 17.3. The number of piperidine rings is 1. The largest absolute Gasteiger partial charge is 0.487 e. The Balaban J connectivity index is 1.72. The van der Waals surface area contributed by atoms with Gasteiger partial charge in [-0.05, 0) is 50.3 Å². The highest BCUT2D eigenvalue weighted by Gasteiger charge is 2.72. The van der Waals surface area contributed by atoms with E-state index in [0.717, 1.165) is 43.7 Å². The van der Waals surface area contributed by atoms with Gasteiger partial charge in [0.2, 0.25) is 5.91 Å². The molecule has 2 aliphatic carbocycles. The predicted octanol–water partition coefficient (Wildman–Crippen LogP) is 1.84. The molecule has 1 saturated carbocycles. The summed E-state index contributed by atoms with van der Waals surface area (Å²) in [6.07, 6.45) is 4.84. The number of ether oxygens (including phenoxy) is 1. The summed E-state index contributed by atoms with van der Waals surface area (Å²) >= 11 is 0. The lowest BCUT2D eigenvalue weighted by atomic mass is 9.48. The molecule has 1 aromatic carbocycles. The standard InChI is InChI=1S/C22H28N2O3/c1-4-10-24-11-9-21-18-15-6-5-13(2)19(18)27-20(21)16(23-14(3)25)7-8-22(21,26)17(24)12-15/h4-6,16-17,20,26H,1,7-12H2,2-3H3,(H,23,25)/t16?,17-,20+,21+,22-/m0/s1. The highest BCUT2D eigenvalue weighted by atomic mass is 16.5. The van der Waals surface area contributed by atoms with E-state index >= 15 is 0 Å². The van der Waals surface area contributed by atoms with Gasteiger partial charge in [-0.15, -0.1) is 6.58 Å². The van der Waals surface area contributed by atoms with Crippen molar-refractivity contribution in [1.82, 2.24) is 10.2 Å². The number of aryl methyl sites for hydroxylation is 1. The van der Waals surface area contributed by atoms with Gasteiger partial charge in [0.25, 0.3) is 0 Å². The monoisotopic (exact) mass is 368 g/mol. The van der Waals surface area contributed by atoms with Gasteiger partial charge >= 0.3 is 0 Å². The van der Waals surface area contributed by atoms with Gasteiger partial charge in [-0.2, -0.15) is 0 Å². The van der Waals surface area contributed by atoms with Gasteiger partial charge in [0, 0.05) is 25.1 Å². The minimum Gasteiger partial charge on any atom is -0.487 e. The molecular weight excluding hydrogens is 340 g/mol. The lowest BCUT2D eigenvalue weighted by Crippen LogP contribution is -2.78. The Morgan fingerprint density at radius 1 is 1.48 bits per heavy atom. The Kier molecular flexibility index (Phi) is 3.57. The molecule has 5 atom stereocenters. The predicted molar refractivity (Wildman–Crippen MR) is 103 cm³/mol. The Morgan fingerprint density at radius 3 is 3.04 bits per heavy atom. The second-order valence-corrected chi connectivity index (χ2v) is 8.78. The summed E-state index contributed by atoms with van der Waals surface area (Å²) in [6.45, 7) is 9.26. The third-order valence-corrected chi connectivity index (χ3v) is 7.54. The normalized spacial score (nSPS) is 38.7. The van der Waals surface area contributed by atoms with Crippen molar-refractivity contribution >= 4 is 5.91 Å². The molecule has 2 bridgehead atoms. The van der Waals surface area contributed by atoms with E-state index < -0.39 is 11.0 Å². The Labute approximate surface area is 160 Å². The van der Waals surface area contributed by atoms with E-state index in [1.54, 1.807) is 6.92 Å². The van der Waals surface area contributed by atoms with Gasteiger partial charge in [0.15, 0.2) is 0 Å². The van der Waals surface area contributed by atoms with E-state index in [9.17, 15) is 9.90 Å². The van der Waals surface area contributed by atoms with Crippen LogP contribution in [0.2, 0.25) is 0 Å². The molecule has 2 fully saturated rings. The number of amides is 1. The lowest BCUT2D eigenvalue weighted by Gasteiger charge is -2.64. The molecule has 5 heteroatoms. The van der Waals surface area contributed by atoms with Crippen LogP contribution >= 0.6 is 0 Å². The first-order valence-corrected chi connectivity index (χ1v) is 10.1. The fourth-order valence-electron chi connectivity index (χ4n) is 6.57. The zero-order valence-electron chi connectivity index (χ0n) is 16.1. The Morgan fingerprint density at radius 2 is 2.30 bits per heavy atom. The maximum absolute atomic E-state index is 12.2. The van der Waals surface area contributed by atoms with E-state index in [2.05, 4.69) is 35.9 Å². The second-order valence-electron chi connectivity index (χ2n) is 8.78. The van der Waals surface area contributed by atoms with E-state index in [0.29, 0.717) is 6.42 Å². The molecule has 2 heterocycles. The average molecular weight is 368 g/mol. The zero-order chi connectivity index (χ0) is 19.0. The summed E-state index contributed by atoms with van der Waals surface area (Å²) in [5, 5.41) is 15.3. The summed E-state index contributed by atoms with van der Waals surface area (Å²) in [7, 11) is 0. The third kappa shape index (κ3) is 1.99. The number of likely N-dealkylation sites (tertiary alicyclic amines) is 1. The van der Waals surface area contributed by atoms with Crippen LogP contribution in [0.1, 0.15) is 42.9 Å². The fourth-order valence-corrected chi connectivity index (χ4v) is 6.57. The molecule has 2 aliphatic heterocycles. The van der Waals surface area contributed by atoms with Gasteiger partial charge in [-0.3, -0.25) is 9.69 Å². The quantitative estimate of drug-likeness (QED) is 0.800. The van der Waals surface area contributed by atoms with Gasteiger partial charge in [-0.1, -0.05) is 18.2 Å². The molecule has 5 rings (SSSR count). The van der Waals surface area contributed by atoms with Crippen LogP contribution in [0.5, 0.6) is 5.75 Å². The molecule has 5 nitrogen and oxygen atoms in total.